The molecule has 0 spiro atoms. The van der Waals surface area contributed by atoms with Crippen molar-refractivity contribution < 1.29 is 9.52 Å². The van der Waals surface area contributed by atoms with E-state index in [0.717, 1.165) is 5.56 Å². The van der Waals surface area contributed by atoms with E-state index < -0.39 is 0 Å². The van der Waals surface area contributed by atoms with Crippen molar-refractivity contribution in [1.29, 1.82) is 0 Å². The van der Waals surface area contributed by atoms with E-state index in [1.165, 1.54) is 0 Å². The van der Waals surface area contributed by atoms with Gasteiger partial charge in [-0.2, -0.15) is 0 Å². The van der Waals surface area contributed by atoms with Gasteiger partial charge in [0.2, 0.25) is 0 Å². The fourth-order valence-corrected chi connectivity index (χ4v) is 1.94. The number of hydrogen-bond acceptors (Lipinski definition) is 2. The Morgan fingerprint density at radius 3 is 2.71 bits per heavy atom. The number of benzene rings is 1. The second-order valence-electron chi connectivity index (χ2n) is 2.77. The topological polar surface area (TPSA) is 33.4 Å². The van der Waals surface area contributed by atoms with Crippen molar-refractivity contribution in [3.63, 3.8) is 0 Å². The fraction of sp³-hybridized carbons (Fsp3) is 0. The number of furan rings is 1. The smallest absolute Gasteiger partial charge is 0.148 e. The number of phenolic OH excluding ortho intramolecular Hbond substituents is 1. The third-order valence-electron chi connectivity index (χ3n) is 1.82. The summed E-state index contributed by atoms with van der Waals surface area (Å²) in [4.78, 5) is 0. The molecule has 0 bridgehead atoms. The van der Waals surface area contributed by atoms with Crippen LogP contribution in [0.4, 0.5) is 0 Å². The summed E-state index contributed by atoms with van der Waals surface area (Å²) in [5.41, 5.74) is 0.824. The van der Waals surface area contributed by atoms with Gasteiger partial charge in [-0.1, -0.05) is 11.6 Å². The molecule has 1 aromatic heterocycles. The van der Waals surface area contributed by atoms with Gasteiger partial charge in [0.05, 0.1) is 15.8 Å². The Hall–Kier alpha value is -0.930. The van der Waals surface area contributed by atoms with Gasteiger partial charge >= 0.3 is 0 Å². The molecule has 4 heteroatoms. The van der Waals surface area contributed by atoms with Crippen LogP contribution in [0.3, 0.4) is 0 Å². The van der Waals surface area contributed by atoms with Crippen molar-refractivity contribution in [1.82, 2.24) is 0 Å². The maximum absolute atomic E-state index is 9.42. The molecular formula is C10H6BrClO2. The molecule has 2 aromatic rings. The van der Waals surface area contributed by atoms with Crippen molar-refractivity contribution in [2.24, 2.45) is 0 Å². The van der Waals surface area contributed by atoms with Gasteiger partial charge < -0.3 is 9.52 Å². The zero-order valence-corrected chi connectivity index (χ0v) is 9.34. The molecule has 0 radical (unpaired) electrons. The minimum Gasteiger partial charge on any atom is -0.505 e. The minimum absolute atomic E-state index is 0.0435. The molecule has 2 nitrogen and oxygen atoms in total. The fourth-order valence-electron chi connectivity index (χ4n) is 1.15. The summed E-state index contributed by atoms with van der Waals surface area (Å²) in [5, 5.41) is 9.72. The van der Waals surface area contributed by atoms with Crippen LogP contribution >= 0.6 is 27.5 Å². The maximum Gasteiger partial charge on any atom is 0.148 e. The molecule has 0 atom stereocenters. The standard InChI is InChI=1S/C10H6BrClO2/c11-7-4-6(5-8(12)10(7)13)9-2-1-3-14-9/h1-5,13H. The molecular weight excluding hydrogens is 267 g/mol. The molecule has 0 aliphatic heterocycles. The number of aromatic hydroxyl groups is 1. The molecule has 1 N–H and O–H groups in total. The molecule has 1 aromatic carbocycles. The normalized spacial score (nSPS) is 10.4. The average Bonchev–Trinajstić information content (AvgIpc) is 2.66. The quantitative estimate of drug-likeness (QED) is 0.850. The largest absolute Gasteiger partial charge is 0.505 e. The first-order valence-corrected chi connectivity index (χ1v) is 5.07. The zero-order chi connectivity index (χ0) is 10.1. The molecule has 2 rings (SSSR count). The lowest BCUT2D eigenvalue weighted by atomic mass is 10.2. The van der Waals surface area contributed by atoms with Crippen LogP contribution in [0.2, 0.25) is 5.02 Å². The number of halogens is 2. The van der Waals surface area contributed by atoms with Gasteiger partial charge in [-0.25, -0.2) is 0 Å². The molecule has 0 aliphatic rings. The van der Waals surface area contributed by atoms with E-state index >= 15 is 0 Å². The van der Waals surface area contributed by atoms with E-state index in [0.29, 0.717) is 15.3 Å². The highest BCUT2D eigenvalue weighted by molar-refractivity contribution is 9.10. The van der Waals surface area contributed by atoms with Gasteiger partial charge in [0.15, 0.2) is 0 Å². The van der Waals surface area contributed by atoms with E-state index in [1.807, 2.05) is 6.07 Å². The summed E-state index contributed by atoms with van der Waals surface area (Å²) in [6, 6.07) is 7.03. The molecule has 72 valence electrons. The second-order valence-corrected chi connectivity index (χ2v) is 4.03. The van der Waals surface area contributed by atoms with Gasteiger partial charge in [-0.3, -0.25) is 0 Å². The summed E-state index contributed by atoms with van der Waals surface area (Å²) in [6.07, 6.45) is 1.59. The van der Waals surface area contributed by atoms with Gasteiger partial charge in [0, 0.05) is 5.56 Å². The lowest BCUT2D eigenvalue weighted by Gasteiger charge is -2.02. The van der Waals surface area contributed by atoms with Crippen molar-refractivity contribution in [2.45, 2.75) is 0 Å². The first-order chi connectivity index (χ1) is 6.68. The molecule has 14 heavy (non-hydrogen) atoms. The second kappa shape index (κ2) is 3.67. The monoisotopic (exact) mass is 272 g/mol. The summed E-state index contributed by atoms with van der Waals surface area (Å²) in [5.74, 6) is 0.759. The SMILES string of the molecule is Oc1c(Cl)cc(-c2ccco2)cc1Br. The average molecular weight is 274 g/mol. The highest BCUT2D eigenvalue weighted by Gasteiger charge is 2.08. The van der Waals surface area contributed by atoms with Crippen molar-refractivity contribution in [2.75, 3.05) is 0 Å². The Bertz CT molecular complexity index is 428. The number of phenols is 1. The zero-order valence-electron chi connectivity index (χ0n) is 7.00. The predicted molar refractivity (Wildman–Crippen MR) is 58.5 cm³/mol. The van der Waals surface area contributed by atoms with Crippen LogP contribution in [0.5, 0.6) is 5.75 Å². The van der Waals surface area contributed by atoms with E-state index in [2.05, 4.69) is 15.9 Å². The van der Waals surface area contributed by atoms with E-state index in [9.17, 15) is 5.11 Å². The first kappa shape index (κ1) is 9.62. The van der Waals surface area contributed by atoms with Crippen LogP contribution in [-0.4, -0.2) is 5.11 Å². The van der Waals surface area contributed by atoms with Gasteiger partial charge in [-0.05, 0) is 40.2 Å². The summed E-state index contributed by atoms with van der Waals surface area (Å²) >= 11 is 9.02. The lowest BCUT2D eigenvalue weighted by molar-refractivity contribution is 0.472. The Morgan fingerprint density at radius 2 is 2.14 bits per heavy atom. The Morgan fingerprint density at radius 1 is 1.36 bits per heavy atom. The van der Waals surface area contributed by atoms with E-state index in [4.69, 9.17) is 16.0 Å². The Balaban J connectivity index is 2.57. The lowest BCUT2D eigenvalue weighted by Crippen LogP contribution is -1.77. The first-order valence-electron chi connectivity index (χ1n) is 3.90. The molecule has 0 saturated carbocycles. The third kappa shape index (κ3) is 1.65. The van der Waals surface area contributed by atoms with Gasteiger partial charge in [0.1, 0.15) is 11.5 Å². The molecule has 0 aliphatic carbocycles. The van der Waals surface area contributed by atoms with Crippen LogP contribution in [-0.2, 0) is 0 Å². The van der Waals surface area contributed by atoms with Crippen molar-refractivity contribution >= 4 is 27.5 Å². The van der Waals surface area contributed by atoms with Crippen LogP contribution in [0.15, 0.2) is 39.4 Å². The third-order valence-corrected chi connectivity index (χ3v) is 2.72. The van der Waals surface area contributed by atoms with E-state index in [1.54, 1.807) is 24.5 Å². The van der Waals surface area contributed by atoms with Crippen LogP contribution in [0, 0.1) is 0 Å². The Kier molecular flexibility index (Phi) is 2.52. The Labute approximate surface area is 94.2 Å². The maximum atomic E-state index is 9.42. The highest BCUT2D eigenvalue weighted by atomic mass is 79.9. The van der Waals surface area contributed by atoms with Gasteiger partial charge in [0.25, 0.3) is 0 Å². The molecule has 0 unspecified atom stereocenters. The molecule has 1 heterocycles. The van der Waals surface area contributed by atoms with E-state index in [-0.39, 0.29) is 5.75 Å². The predicted octanol–water partition coefficient (Wildman–Crippen LogP) is 4.07. The van der Waals surface area contributed by atoms with Crippen LogP contribution < -0.4 is 0 Å². The summed E-state index contributed by atoms with van der Waals surface area (Å²) in [6.45, 7) is 0. The minimum atomic E-state index is 0.0435. The summed E-state index contributed by atoms with van der Waals surface area (Å²) < 4.78 is 5.76. The molecule has 0 saturated heterocycles. The number of hydrogen-bond donors (Lipinski definition) is 1. The molecule has 0 fully saturated rings. The van der Waals surface area contributed by atoms with Crippen molar-refractivity contribution in [3.8, 4) is 17.1 Å². The van der Waals surface area contributed by atoms with Gasteiger partial charge in [-0.15, -0.1) is 0 Å². The summed E-state index contributed by atoms with van der Waals surface area (Å²) in [7, 11) is 0. The van der Waals surface area contributed by atoms with Crippen LogP contribution in [0.1, 0.15) is 0 Å². The number of rotatable bonds is 1. The van der Waals surface area contributed by atoms with Crippen LogP contribution in [0.25, 0.3) is 11.3 Å². The highest BCUT2D eigenvalue weighted by Crippen LogP contribution is 2.36. The van der Waals surface area contributed by atoms with Crippen molar-refractivity contribution in [3.05, 3.63) is 40.0 Å². The molecule has 0 amide bonds.